The molecule has 2 fully saturated rings. The molecule has 0 N–H and O–H groups in total. The molecule has 1 aromatic rings. The van der Waals surface area contributed by atoms with Crippen molar-refractivity contribution in [3.63, 3.8) is 0 Å². The molecule has 1 aliphatic carbocycles. The van der Waals surface area contributed by atoms with E-state index in [9.17, 15) is 4.79 Å². The van der Waals surface area contributed by atoms with Crippen LogP contribution in [0.1, 0.15) is 50.5 Å². The van der Waals surface area contributed by atoms with Crippen molar-refractivity contribution in [1.82, 2.24) is 14.8 Å². The monoisotopic (exact) mass is 375 g/mol. The maximum absolute atomic E-state index is 12.7. The Labute approximate surface area is 162 Å². The minimum Gasteiger partial charge on any atom is -0.337 e. The first-order chi connectivity index (χ1) is 12.8. The number of hydrogen-bond acceptors (Lipinski definition) is 4. The average molecular weight is 376 g/mol. The van der Waals surface area contributed by atoms with Gasteiger partial charge >= 0.3 is 0 Å². The van der Waals surface area contributed by atoms with Gasteiger partial charge in [0.2, 0.25) is 5.91 Å². The molecule has 26 heavy (non-hydrogen) atoms. The number of nitrogens with zero attached hydrogens (tertiary/aromatic N) is 3. The Morgan fingerprint density at radius 3 is 2.85 bits per heavy atom. The molecule has 1 aliphatic heterocycles. The molecule has 0 aromatic carbocycles. The lowest BCUT2D eigenvalue weighted by molar-refractivity contribution is -0.130. The Bertz CT molecular complexity index is 547. The molecule has 2 aliphatic rings. The third kappa shape index (κ3) is 5.71. The maximum Gasteiger partial charge on any atom is 0.232 e. The summed E-state index contributed by atoms with van der Waals surface area (Å²) in [6.45, 7) is 3.99. The molecule has 4 nitrogen and oxygen atoms in total. The quantitative estimate of drug-likeness (QED) is 0.726. The molecule has 0 spiro atoms. The SMILES string of the molecule is CSCC(=O)N(Cc1cccnc1)C[C@@H]1CCCN(C2CCCCC2)C1. The van der Waals surface area contributed by atoms with Crippen LogP contribution < -0.4 is 0 Å². The Kier molecular flexibility index (Phi) is 7.81. The smallest absolute Gasteiger partial charge is 0.232 e. The molecular formula is C21H33N3OS. The summed E-state index contributed by atoms with van der Waals surface area (Å²) >= 11 is 1.62. The van der Waals surface area contributed by atoms with E-state index in [-0.39, 0.29) is 5.91 Å². The third-order valence-corrected chi connectivity index (χ3v) is 6.37. The minimum atomic E-state index is 0.260. The summed E-state index contributed by atoms with van der Waals surface area (Å²) in [6.07, 6.45) is 15.2. The van der Waals surface area contributed by atoms with Crippen LogP contribution in [0.2, 0.25) is 0 Å². The van der Waals surface area contributed by atoms with Crippen molar-refractivity contribution < 1.29 is 4.79 Å². The lowest BCUT2D eigenvalue weighted by atomic mass is 9.90. The van der Waals surface area contributed by atoms with Crippen molar-refractivity contribution in [2.75, 3.05) is 31.6 Å². The fourth-order valence-electron chi connectivity index (χ4n) is 4.52. The van der Waals surface area contributed by atoms with Crippen molar-refractivity contribution in [2.24, 2.45) is 5.92 Å². The molecule has 1 saturated heterocycles. The first-order valence-electron chi connectivity index (χ1n) is 10.2. The highest BCUT2D eigenvalue weighted by molar-refractivity contribution is 7.99. The largest absolute Gasteiger partial charge is 0.337 e. The maximum atomic E-state index is 12.7. The van der Waals surface area contributed by atoms with Gasteiger partial charge < -0.3 is 9.80 Å². The van der Waals surface area contributed by atoms with Gasteiger partial charge in [0, 0.05) is 38.1 Å². The number of amides is 1. The van der Waals surface area contributed by atoms with Gasteiger partial charge in [-0.05, 0) is 56.0 Å². The van der Waals surface area contributed by atoms with Crippen LogP contribution in [0.25, 0.3) is 0 Å². The van der Waals surface area contributed by atoms with E-state index in [0.29, 0.717) is 18.2 Å². The fourth-order valence-corrected chi connectivity index (χ4v) is 4.95. The van der Waals surface area contributed by atoms with Crippen molar-refractivity contribution >= 4 is 17.7 Å². The van der Waals surface area contributed by atoms with E-state index in [1.807, 2.05) is 18.5 Å². The second kappa shape index (κ2) is 10.3. The standard InChI is InChI=1S/C21H33N3OS/c1-26-17-21(25)24(14-18-7-5-11-22-13-18)16-19-8-6-12-23(15-19)20-9-3-2-4-10-20/h5,7,11,13,19-20H,2-4,6,8-10,12,14-17H2,1H3/t19-/m1/s1. The highest BCUT2D eigenvalue weighted by Gasteiger charge is 2.28. The number of piperidine rings is 1. The van der Waals surface area contributed by atoms with Crippen molar-refractivity contribution in [1.29, 1.82) is 0 Å². The number of rotatable bonds is 7. The molecule has 1 aromatic heterocycles. The van der Waals surface area contributed by atoms with Gasteiger partial charge in [-0.2, -0.15) is 11.8 Å². The normalized spacial score (nSPS) is 22.3. The molecule has 3 rings (SSSR count). The van der Waals surface area contributed by atoms with E-state index in [0.717, 1.165) is 18.2 Å². The van der Waals surface area contributed by atoms with Crippen LogP contribution in [0.15, 0.2) is 24.5 Å². The number of hydrogen-bond donors (Lipinski definition) is 0. The molecule has 144 valence electrons. The predicted molar refractivity (Wildman–Crippen MR) is 109 cm³/mol. The molecule has 1 atom stereocenters. The molecule has 2 heterocycles. The Morgan fingerprint density at radius 1 is 1.27 bits per heavy atom. The van der Waals surface area contributed by atoms with Gasteiger partial charge in [0.15, 0.2) is 0 Å². The van der Waals surface area contributed by atoms with Crippen LogP contribution in [0.3, 0.4) is 0 Å². The van der Waals surface area contributed by atoms with E-state index in [2.05, 4.69) is 20.9 Å². The van der Waals surface area contributed by atoms with Crippen LogP contribution in [0, 0.1) is 5.92 Å². The zero-order valence-corrected chi connectivity index (χ0v) is 16.9. The molecule has 0 radical (unpaired) electrons. The lowest BCUT2D eigenvalue weighted by Gasteiger charge is -2.41. The molecule has 5 heteroatoms. The van der Waals surface area contributed by atoms with Gasteiger partial charge in [0.25, 0.3) is 0 Å². The predicted octanol–water partition coefficient (Wildman–Crippen LogP) is 3.82. The molecule has 1 amide bonds. The van der Waals surface area contributed by atoms with E-state index in [1.165, 1.54) is 58.0 Å². The van der Waals surface area contributed by atoms with Gasteiger partial charge in [0.05, 0.1) is 5.75 Å². The second-order valence-electron chi connectivity index (χ2n) is 7.86. The van der Waals surface area contributed by atoms with Crippen LogP contribution in [0.5, 0.6) is 0 Å². The Hall–Kier alpha value is -1.07. The second-order valence-corrected chi connectivity index (χ2v) is 8.73. The summed E-state index contributed by atoms with van der Waals surface area (Å²) in [7, 11) is 0. The molecular weight excluding hydrogens is 342 g/mol. The summed E-state index contributed by atoms with van der Waals surface area (Å²) in [5.41, 5.74) is 1.13. The highest BCUT2D eigenvalue weighted by Crippen LogP contribution is 2.27. The summed E-state index contributed by atoms with van der Waals surface area (Å²) in [5.74, 6) is 1.43. The van der Waals surface area contributed by atoms with E-state index >= 15 is 0 Å². The van der Waals surface area contributed by atoms with Crippen LogP contribution in [0.4, 0.5) is 0 Å². The van der Waals surface area contributed by atoms with Gasteiger partial charge in [-0.25, -0.2) is 0 Å². The molecule has 1 saturated carbocycles. The third-order valence-electron chi connectivity index (χ3n) is 5.84. The van der Waals surface area contributed by atoms with E-state index < -0.39 is 0 Å². The summed E-state index contributed by atoms with van der Waals surface area (Å²) in [6, 6.07) is 4.82. The van der Waals surface area contributed by atoms with Gasteiger partial charge in [-0.3, -0.25) is 9.78 Å². The number of pyridine rings is 1. The Balaban J connectivity index is 1.60. The fraction of sp³-hybridized carbons (Fsp3) is 0.714. The zero-order valence-electron chi connectivity index (χ0n) is 16.1. The van der Waals surface area contributed by atoms with E-state index in [4.69, 9.17) is 0 Å². The number of thioether (sulfide) groups is 1. The van der Waals surface area contributed by atoms with E-state index in [1.54, 1.807) is 18.0 Å². The Morgan fingerprint density at radius 2 is 2.12 bits per heavy atom. The number of likely N-dealkylation sites (tertiary alicyclic amines) is 1. The topological polar surface area (TPSA) is 36.4 Å². The summed E-state index contributed by atoms with van der Waals surface area (Å²) in [5, 5.41) is 0. The zero-order chi connectivity index (χ0) is 18.2. The average Bonchev–Trinajstić information content (AvgIpc) is 2.69. The summed E-state index contributed by atoms with van der Waals surface area (Å²) < 4.78 is 0. The summed E-state index contributed by atoms with van der Waals surface area (Å²) in [4.78, 5) is 21.7. The molecule has 0 unspecified atom stereocenters. The molecule has 0 bridgehead atoms. The number of aromatic nitrogens is 1. The highest BCUT2D eigenvalue weighted by atomic mass is 32.2. The number of carbonyl (C=O) groups is 1. The van der Waals surface area contributed by atoms with Gasteiger partial charge in [-0.1, -0.05) is 25.3 Å². The van der Waals surface area contributed by atoms with Gasteiger partial charge in [0.1, 0.15) is 0 Å². The first kappa shape index (κ1) is 19.7. The first-order valence-corrected chi connectivity index (χ1v) is 11.6. The van der Waals surface area contributed by atoms with Gasteiger partial charge in [-0.15, -0.1) is 0 Å². The van der Waals surface area contributed by atoms with Crippen LogP contribution in [-0.4, -0.2) is 58.4 Å². The lowest BCUT2D eigenvalue weighted by Crippen LogP contribution is -2.47. The van der Waals surface area contributed by atoms with Crippen LogP contribution in [-0.2, 0) is 11.3 Å². The minimum absolute atomic E-state index is 0.260. The number of carbonyl (C=O) groups excluding carboxylic acids is 1. The van der Waals surface area contributed by atoms with Crippen molar-refractivity contribution in [3.8, 4) is 0 Å². The van der Waals surface area contributed by atoms with Crippen LogP contribution >= 0.6 is 11.8 Å². The van der Waals surface area contributed by atoms with Crippen molar-refractivity contribution in [3.05, 3.63) is 30.1 Å². The van der Waals surface area contributed by atoms with Crippen molar-refractivity contribution in [2.45, 2.75) is 57.5 Å².